The van der Waals surface area contributed by atoms with Crippen molar-refractivity contribution < 1.29 is 17.9 Å². The van der Waals surface area contributed by atoms with E-state index in [1.165, 1.54) is 4.31 Å². The smallest absolute Gasteiger partial charge is 0.273 e. The van der Waals surface area contributed by atoms with E-state index < -0.39 is 15.9 Å². The molecule has 0 saturated heterocycles. The third kappa shape index (κ3) is 6.89. The number of rotatable bonds is 10. The molecule has 0 aliphatic carbocycles. The molecule has 40 heavy (non-hydrogen) atoms. The quantitative estimate of drug-likeness (QED) is 0.170. The molecule has 0 heterocycles. The number of nitrogens with one attached hydrogen (secondary N) is 1. The topological polar surface area (TPSA) is 88.1 Å². The fourth-order valence-corrected chi connectivity index (χ4v) is 5.59. The van der Waals surface area contributed by atoms with E-state index >= 15 is 0 Å². The third-order valence-electron chi connectivity index (χ3n) is 6.17. The number of hydrazone groups is 1. The number of nitrogens with zero attached hydrogens (tertiary/aromatic N) is 2. The van der Waals surface area contributed by atoms with Gasteiger partial charge < -0.3 is 4.74 Å². The van der Waals surface area contributed by atoms with Gasteiger partial charge in [0.15, 0.2) is 0 Å². The van der Waals surface area contributed by atoms with Gasteiger partial charge in [-0.3, -0.25) is 9.10 Å². The summed E-state index contributed by atoms with van der Waals surface area (Å²) in [6, 6.07) is 27.5. The van der Waals surface area contributed by atoms with E-state index in [0.717, 1.165) is 16.9 Å². The van der Waals surface area contributed by atoms with Crippen LogP contribution in [0.5, 0.6) is 5.75 Å². The number of benzene rings is 4. The Hall–Kier alpha value is -4.14. The fraction of sp³-hybridized carbons (Fsp3) is 0.161. The molecule has 0 fully saturated rings. The number of hydrogen-bond donors (Lipinski definition) is 1. The molecule has 7 nitrogen and oxygen atoms in total. The summed E-state index contributed by atoms with van der Waals surface area (Å²) in [6.07, 6.45) is 0. The molecule has 0 aliphatic heterocycles. The van der Waals surface area contributed by atoms with Crippen molar-refractivity contribution in [1.82, 2.24) is 5.43 Å². The largest absolute Gasteiger partial charge is 0.494 e. The van der Waals surface area contributed by atoms with Crippen molar-refractivity contribution in [2.75, 3.05) is 10.9 Å². The lowest BCUT2D eigenvalue weighted by molar-refractivity contribution is 0.0955. The lowest BCUT2D eigenvalue weighted by atomic mass is 10.1. The van der Waals surface area contributed by atoms with E-state index in [1.807, 2.05) is 38.1 Å². The van der Waals surface area contributed by atoms with Crippen molar-refractivity contribution in [3.8, 4) is 5.75 Å². The highest BCUT2D eigenvalue weighted by molar-refractivity contribution is 7.92. The fourth-order valence-electron chi connectivity index (χ4n) is 3.99. The number of ether oxygens (including phenoxy) is 1. The van der Waals surface area contributed by atoms with Crippen molar-refractivity contribution in [1.29, 1.82) is 0 Å². The summed E-state index contributed by atoms with van der Waals surface area (Å²) in [4.78, 5) is 13.5. The van der Waals surface area contributed by atoms with Crippen LogP contribution in [-0.4, -0.2) is 26.6 Å². The highest BCUT2D eigenvalue weighted by atomic mass is 35.5. The van der Waals surface area contributed by atoms with Crippen LogP contribution in [0.3, 0.4) is 0 Å². The molecule has 0 unspecified atom stereocenters. The van der Waals surface area contributed by atoms with Crippen LogP contribution in [0.2, 0.25) is 5.02 Å². The SMILES string of the molecule is CCOc1ccc(/C(C)=N\NC(=O)c2ccccc2N(Cc2ccc(Cl)cc2)S(=O)(=O)c2ccc(C)cc2)cc1. The Kier molecular flexibility index (Phi) is 9.24. The van der Waals surface area contributed by atoms with Gasteiger partial charge in [-0.1, -0.05) is 53.6 Å². The number of sulfonamides is 1. The molecule has 9 heteroatoms. The normalized spacial score (nSPS) is 11.7. The maximum absolute atomic E-state index is 13.9. The lowest BCUT2D eigenvalue weighted by Crippen LogP contribution is -2.33. The van der Waals surface area contributed by atoms with Crippen LogP contribution in [0.4, 0.5) is 5.69 Å². The van der Waals surface area contributed by atoms with E-state index in [2.05, 4.69) is 10.5 Å². The molecule has 4 rings (SSSR count). The highest BCUT2D eigenvalue weighted by Gasteiger charge is 2.28. The second-order valence-corrected chi connectivity index (χ2v) is 11.4. The Balaban J connectivity index is 1.68. The number of amides is 1. The van der Waals surface area contributed by atoms with Crippen LogP contribution < -0.4 is 14.5 Å². The van der Waals surface area contributed by atoms with Gasteiger partial charge in [0.2, 0.25) is 0 Å². The molecule has 0 aromatic heterocycles. The second-order valence-electron chi connectivity index (χ2n) is 9.06. The van der Waals surface area contributed by atoms with Crippen molar-refractivity contribution >= 4 is 38.9 Å². The van der Waals surface area contributed by atoms with Gasteiger partial charge >= 0.3 is 0 Å². The second kappa shape index (κ2) is 12.8. The first-order valence-electron chi connectivity index (χ1n) is 12.7. The van der Waals surface area contributed by atoms with E-state index in [1.54, 1.807) is 79.7 Å². The predicted molar refractivity (Wildman–Crippen MR) is 160 cm³/mol. The summed E-state index contributed by atoms with van der Waals surface area (Å²) in [7, 11) is -4.05. The molecule has 4 aromatic rings. The van der Waals surface area contributed by atoms with Gasteiger partial charge in [-0.05, 0) is 92.6 Å². The number of anilines is 1. The van der Waals surface area contributed by atoms with Gasteiger partial charge in [0.1, 0.15) is 5.75 Å². The van der Waals surface area contributed by atoms with Gasteiger partial charge in [0, 0.05) is 5.02 Å². The van der Waals surface area contributed by atoms with Gasteiger partial charge in [-0.15, -0.1) is 0 Å². The first kappa shape index (κ1) is 28.9. The Labute approximate surface area is 240 Å². The first-order valence-corrected chi connectivity index (χ1v) is 14.5. The minimum Gasteiger partial charge on any atom is -0.494 e. The van der Waals surface area contributed by atoms with Crippen LogP contribution in [0, 0.1) is 6.92 Å². The van der Waals surface area contributed by atoms with Gasteiger partial charge in [-0.2, -0.15) is 5.10 Å². The van der Waals surface area contributed by atoms with Crippen LogP contribution in [0.15, 0.2) is 107 Å². The van der Waals surface area contributed by atoms with Gasteiger partial charge in [0.05, 0.1) is 35.0 Å². The summed E-state index contributed by atoms with van der Waals surface area (Å²) in [5.41, 5.74) is 6.00. The molecule has 0 radical (unpaired) electrons. The van der Waals surface area contributed by atoms with Crippen molar-refractivity contribution in [3.63, 3.8) is 0 Å². The molecule has 0 bridgehead atoms. The zero-order valence-electron chi connectivity index (χ0n) is 22.5. The minimum atomic E-state index is -4.05. The molecule has 0 spiro atoms. The average Bonchev–Trinajstić information content (AvgIpc) is 2.96. The molecular formula is C31H30ClN3O4S. The average molecular weight is 576 g/mol. The number of carbonyl (C=O) groups is 1. The van der Waals surface area contributed by atoms with E-state index in [-0.39, 0.29) is 22.7 Å². The number of carbonyl (C=O) groups excluding carboxylic acids is 1. The maximum atomic E-state index is 13.9. The van der Waals surface area contributed by atoms with Crippen molar-refractivity contribution in [3.05, 3.63) is 124 Å². The maximum Gasteiger partial charge on any atom is 0.273 e. The number of aryl methyl sites for hydroxylation is 1. The monoisotopic (exact) mass is 575 g/mol. The molecule has 206 valence electrons. The highest BCUT2D eigenvalue weighted by Crippen LogP contribution is 2.30. The Morgan fingerprint density at radius 1 is 0.925 bits per heavy atom. The summed E-state index contributed by atoms with van der Waals surface area (Å²) in [5.74, 6) is 0.202. The Morgan fingerprint density at radius 3 is 2.23 bits per heavy atom. The lowest BCUT2D eigenvalue weighted by Gasteiger charge is -2.26. The molecular weight excluding hydrogens is 546 g/mol. The molecule has 0 atom stereocenters. The molecule has 1 N–H and O–H groups in total. The van der Waals surface area contributed by atoms with E-state index in [0.29, 0.717) is 22.9 Å². The molecule has 0 aliphatic rings. The van der Waals surface area contributed by atoms with Crippen molar-refractivity contribution in [2.24, 2.45) is 5.10 Å². The Bertz CT molecular complexity index is 1600. The van der Waals surface area contributed by atoms with E-state index in [9.17, 15) is 13.2 Å². The summed E-state index contributed by atoms with van der Waals surface area (Å²) in [6.45, 7) is 6.13. The van der Waals surface area contributed by atoms with E-state index in [4.69, 9.17) is 16.3 Å². The number of halogens is 1. The summed E-state index contributed by atoms with van der Waals surface area (Å²) in [5, 5.41) is 4.80. The predicted octanol–water partition coefficient (Wildman–Crippen LogP) is 6.60. The van der Waals surface area contributed by atoms with Gasteiger partial charge in [0.25, 0.3) is 15.9 Å². The van der Waals surface area contributed by atoms with Crippen LogP contribution in [0.1, 0.15) is 40.9 Å². The Morgan fingerprint density at radius 2 is 1.57 bits per heavy atom. The number of para-hydroxylation sites is 1. The standard InChI is InChI=1S/C31H30ClN3O4S/c1-4-39-27-17-13-25(14-18-27)23(3)33-34-31(36)29-7-5-6-8-30(29)35(21-24-11-15-26(32)16-12-24)40(37,38)28-19-9-22(2)10-20-28/h5-20H,4,21H2,1-3H3,(H,34,36)/b33-23-. The third-order valence-corrected chi connectivity index (χ3v) is 8.20. The molecule has 4 aromatic carbocycles. The zero-order chi connectivity index (χ0) is 28.7. The van der Waals surface area contributed by atoms with Crippen LogP contribution >= 0.6 is 11.6 Å². The molecule has 1 amide bonds. The first-order chi connectivity index (χ1) is 19.2. The minimum absolute atomic E-state index is 0.00779. The van der Waals surface area contributed by atoms with Crippen molar-refractivity contribution in [2.45, 2.75) is 32.2 Å². The summed E-state index contributed by atoms with van der Waals surface area (Å²) < 4.78 is 34.6. The van der Waals surface area contributed by atoms with Gasteiger partial charge in [-0.25, -0.2) is 13.8 Å². The molecule has 0 saturated carbocycles. The van der Waals surface area contributed by atoms with Crippen LogP contribution in [0.25, 0.3) is 0 Å². The zero-order valence-corrected chi connectivity index (χ0v) is 24.0. The summed E-state index contributed by atoms with van der Waals surface area (Å²) >= 11 is 6.06. The van der Waals surface area contributed by atoms with Crippen LogP contribution in [-0.2, 0) is 16.6 Å². The number of hydrogen-bond acceptors (Lipinski definition) is 5.